The van der Waals surface area contributed by atoms with Gasteiger partial charge in [0.2, 0.25) is 5.43 Å². The molecule has 0 aliphatic carbocycles. The maximum absolute atomic E-state index is 12.6. The number of ether oxygens (including phenoxy) is 1. The molecule has 0 N–H and O–H groups in total. The Kier molecular flexibility index (Phi) is 3.50. The quantitative estimate of drug-likeness (QED) is 0.546. The zero-order valence-electron chi connectivity index (χ0n) is 12.1. The van der Waals surface area contributed by atoms with Crippen LogP contribution in [-0.4, -0.2) is 11.1 Å². The molecular formula is C16H13NO5. The highest BCUT2D eigenvalue weighted by Gasteiger charge is 2.15. The summed E-state index contributed by atoms with van der Waals surface area (Å²) in [7, 11) is 0. The van der Waals surface area contributed by atoms with Crippen LogP contribution in [-0.2, 0) is 11.2 Å². The van der Waals surface area contributed by atoms with Crippen molar-refractivity contribution in [1.29, 1.82) is 0 Å². The van der Waals surface area contributed by atoms with Crippen LogP contribution in [0.1, 0.15) is 19.4 Å². The van der Waals surface area contributed by atoms with Gasteiger partial charge in [-0.1, -0.05) is 12.1 Å². The van der Waals surface area contributed by atoms with E-state index in [1.165, 1.54) is 19.5 Å². The van der Waals surface area contributed by atoms with Crippen molar-refractivity contribution < 1.29 is 18.5 Å². The van der Waals surface area contributed by atoms with Crippen LogP contribution in [0.3, 0.4) is 0 Å². The minimum atomic E-state index is -0.421. The number of carbonyl (C=O) groups excluding carboxylic acids is 1. The van der Waals surface area contributed by atoms with Gasteiger partial charge in [-0.05, 0) is 18.1 Å². The molecule has 0 fully saturated rings. The van der Waals surface area contributed by atoms with Gasteiger partial charge in [0.25, 0.3) is 0 Å². The van der Waals surface area contributed by atoms with Crippen LogP contribution in [0.5, 0.6) is 5.75 Å². The predicted molar refractivity (Wildman–Crippen MR) is 78.7 cm³/mol. The second kappa shape index (κ2) is 5.48. The highest BCUT2D eigenvalue weighted by atomic mass is 16.5. The van der Waals surface area contributed by atoms with Crippen LogP contribution in [0.4, 0.5) is 0 Å². The van der Waals surface area contributed by atoms with Crippen molar-refractivity contribution in [2.45, 2.75) is 20.3 Å². The zero-order chi connectivity index (χ0) is 15.7. The Morgan fingerprint density at radius 3 is 2.82 bits per heavy atom. The number of hydrogen-bond donors (Lipinski definition) is 0. The molecule has 0 bridgehead atoms. The summed E-state index contributed by atoms with van der Waals surface area (Å²) in [6, 6.07) is 4.83. The molecule has 3 aromatic rings. The highest BCUT2D eigenvalue weighted by molar-refractivity contribution is 5.84. The largest absolute Gasteiger partial charge is 0.463 e. The third-order valence-corrected chi connectivity index (χ3v) is 3.30. The molecule has 0 saturated heterocycles. The number of rotatable bonds is 3. The van der Waals surface area contributed by atoms with Gasteiger partial charge in [0.1, 0.15) is 29.6 Å². The first-order chi connectivity index (χ1) is 10.6. The molecule has 0 aliphatic heterocycles. The number of benzene rings is 1. The van der Waals surface area contributed by atoms with Crippen LogP contribution < -0.4 is 10.2 Å². The first-order valence-electron chi connectivity index (χ1n) is 6.77. The van der Waals surface area contributed by atoms with Crippen LogP contribution in [0.25, 0.3) is 22.2 Å². The number of aryl methyl sites for hydroxylation is 1. The van der Waals surface area contributed by atoms with E-state index in [4.69, 9.17) is 13.7 Å². The van der Waals surface area contributed by atoms with Crippen LogP contribution >= 0.6 is 0 Å². The third-order valence-electron chi connectivity index (χ3n) is 3.30. The van der Waals surface area contributed by atoms with Crippen molar-refractivity contribution in [3.8, 4) is 17.0 Å². The molecule has 0 aliphatic rings. The Morgan fingerprint density at radius 1 is 1.36 bits per heavy atom. The van der Waals surface area contributed by atoms with E-state index in [9.17, 15) is 9.59 Å². The lowest BCUT2D eigenvalue weighted by atomic mass is 10.1. The third kappa shape index (κ3) is 2.39. The van der Waals surface area contributed by atoms with E-state index in [2.05, 4.69) is 5.16 Å². The second-order valence-electron chi connectivity index (χ2n) is 4.77. The van der Waals surface area contributed by atoms with Gasteiger partial charge in [-0.15, -0.1) is 0 Å². The Labute approximate surface area is 125 Å². The lowest BCUT2D eigenvalue weighted by molar-refractivity contribution is -0.131. The summed E-state index contributed by atoms with van der Waals surface area (Å²) in [5, 5.41) is 4.16. The van der Waals surface area contributed by atoms with Crippen LogP contribution in [0.2, 0.25) is 0 Å². The van der Waals surface area contributed by atoms with E-state index < -0.39 is 5.97 Å². The summed E-state index contributed by atoms with van der Waals surface area (Å²) >= 11 is 0. The number of fused-ring (bicyclic) bond motifs is 1. The van der Waals surface area contributed by atoms with Crippen LogP contribution in [0, 0.1) is 0 Å². The number of carbonyl (C=O) groups is 1. The van der Waals surface area contributed by atoms with E-state index in [1.54, 1.807) is 18.2 Å². The molecule has 2 aromatic heterocycles. The molecule has 1 aromatic carbocycles. The van der Waals surface area contributed by atoms with Crippen molar-refractivity contribution in [1.82, 2.24) is 5.16 Å². The molecule has 22 heavy (non-hydrogen) atoms. The van der Waals surface area contributed by atoms with Gasteiger partial charge in [-0.25, -0.2) is 0 Å². The Bertz CT molecular complexity index is 893. The van der Waals surface area contributed by atoms with Crippen molar-refractivity contribution in [3.05, 3.63) is 46.5 Å². The average Bonchev–Trinajstić information content (AvgIpc) is 3.00. The lowest BCUT2D eigenvalue weighted by Gasteiger charge is -2.09. The minimum absolute atomic E-state index is 0.209. The predicted octanol–water partition coefficient (Wildman–Crippen LogP) is 2.94. The summed E-state index contributed by atoms with van der Waals surface area (Å²) in [4.78, 5) is 23.7. The van der Waals surface area contributed by atoms with E-state index in [-0.39, 0.29) is 5.43 Å². The second-order valence-corrected chi connectivity index (χ2v) is 4.77. The summed E-state index contributed by atoms with van der Waals surface area (Å²) in [6.45, 7) is 3.24. The van der Waals surface area contributed by atoms with Gasteiger partial charge in [-0.3, -0.25) is 9.59 Å². The fourth-order valence-corrected chi connectivity index (χ4v) is 2.26. The van der Waals surface area contributed by atoms with Crippen molar-refractivity contribution in [3.63, 3.8) is 0 Å². The molecular weight excluding hydrogens is 286 g/mol. The van der Waals surface area contributed by atoms with Gasteiger partial charge in [0.05, 0.1) is 10.9 Å². The molecule has 0 spiro atoms. The zero-order valence-corrected chi connectivity index (χ0v) is 12.1. The van der Waals surface area contributed by atoms with Gasteiger partial charge < -0.3 is 13.7 Å². The van der Waals surface area contributed by atoms with Crippen LogP contribution in [0.15, 0.2) is 44.5 Å². The fourth-order valence-electron chi connectivity index (χ4n) is 2.26. The van der Waals surface area contributed by atoms with E-state index in [0.717, 1.165) is 5.56 Å². The summed E-state index contributed by atoms with van der Waals surface area (Å²) in [6.07, 6.45) is 3.33. The minimum Gasteiger partial charge on any atom is -0.463 e. The lowest BCUT2D eigenvalue weighted by Crippen LogP contribution is -2.08. The number of hydrogen-bond acceptors (Lipinski definition) is 6. The number of aromatic nitrogens is 1. The monoisotopic (exact) mass is 299 g/mol. The van der Waals surface area contributed by atoms with Gasteiger partial charge in [-0.2, -0.15) is 0 Å². The maximum atomic E-state index is 12.6. The molecule has 3 rings (SSSR count). The molecule has 6 nitrogen and oxygen atoms in total. The molecule has 2 heterocycles. The number of nitrogens with zero attached hydrogens (tertiary/aromatic N) is 1. The number of esters is 1. The van der Waals surface area contributed by atoms with E-state index in [1.807, 2.05) is 6.92 Å². The molecule has 0 unspecified atom stereocenters. The average molecular weight is 299 g/mol. The highest BCUT2D eigenvalue weighted by Crippen LogP contribution is 2.27. The molecule has 0 amide bonds. The topological polar surface area (TPSA) is 82.5 Å². The van der Waals surface area contributed by atoms with Crippen molar-refractivity contribution >= 4 is 16.9 Å². The van der Waals surface area contributed by atoms with Gasteiger partial charge in [0, 0.05) is 19.1 Å². The maximum Gasteiger partial charge on any atom is 0.308 e. The Hall–Kier alpha value is -2.89. The SMILES string of the molecule is CCc1cc2c(=O)c(-c3ccon3)coc2cc1OC(C)=O. The first-order valence-corrected chi connectivity index (χ1v) is 6.77. The summed E-state index contributed by atoms with van der Waals surface area (Å²) < 4.78 is 15.4. The standard InChI is InChI=1S/C16H13NO5/c1-3-10-6-11-15(7-14(10)22-9(2)18)20-8-12(16(11)19)13-4-5-21-17-13/h4-8H,3H2,1-2H3. The summed E-state index contributed by atoms with van der Waals surface area (Å²) in [5.74, 6) is -0.0181. The van der Waals surface area contributed by atoms with E-state index in [0.29, 0.717) is 34.4 Å². The normalized spacial score (nSPS) is 10.8. The molecule has 6 heteroatoms. The molecule has 112 valence electrons. The van der Waals surface area contributed by atoms with E-state index >= 15 is 0 Å². The smallest absolute Gasteiger partial charge is 0.308 e. The fraction of sp³-hybridized carbons (Fsp3) is 0.188. The van der Waals surface area contributed by atoms with Gasteiger partial charge >= 0.3 is 5.97 Å². The van der Waals surface area contributed by atoms with Crippen molar-refractivity contribution in [2.24, 2.45) is 0 Å². The summed E-state index contributed by atoms with van der Waals surface area (Å²) in [5.41, 5.74) is 1.64. The van der Waals surface area contributed by atoms with Gasteiger partial charge in [0.15, 0.2) is 0 Å². The Morgan fingerprint density at radius 2 is 2.18 bits per heavy atom. The molecule has 0 saturated carbocycles. The van der Waals surface area contributed by atoms with Crippen molar-refractivity contribution in [2.75, 3.05) is 0 Å². The molecule has 0 radical (unpaired) electrons. The molecule has 0 atom stereocenters. The Balaban J connectivity index is 2.23. The first kappa shape index (κ1) is 14.1.